The number of hydrogen-bond donors (Lipinski definition) is 2. The number of nitrogens with one attached hydrogen (secondary N) is 2. The highest BCUT2D eigenvalue weighted by Gasteiger charge is 2.32. The van der Waals surface area contributed by atoms with Crippen molar-refractivity contribution in [2.75, 3.05) is 13.1 Å². The maximum Gasteiger partial charge on any atom is 0.317 e. The summed E-state index contributed by atoms with van der Waals surface area (Å²) in [6.07, 6.45) is 6.11. The van der Waals surface area contributed by atoms with E-state index in [-0.39, 0.29) is 17.9 Å². The van der Waals surface area contributed by atoms with Gasteiger partial charge in [0.2, 0.25) is 5.91 Å². The predicted octanol–water partition coefficient (Wildman–Crippen LogP) is 0.849. The second-order valence-corrected chi connectivity index (χ2v) is 5.77. The fraction of sp³-hybridized carbons (Fsp3) is 0.846. The molecule has 0 spiro atoms. The van der Waals surface area contributed by atoms with Crippen molar-refractivity contribution >= 4 is 11.9 Å². The quantitative estimate of drug-likeness (QED) is 0.781. The lowest BCUT2D eigenvalue weighted by atomic mass is 9.96. The van der Waals surface area contributed by atoms with Gasteiger partial charge < -0.3 is 15.5 Å². The van der Waals surface area contributed by atoms with Crippen LogP contribution in [0.4, 0.5) is 4.79 Å². The van der Waals surface area contributed by atoms with Gasteiger partial charge in [0, 0.05) is 31.1 Å². The molecule has 0 aromatic heterocycles. The van der Waals surface area contributed by atoms with E-state index in [9.17, 15) is 9.59 Å². The van der Waals surface area contributed by atoms with E-state index in [0.717, 1.165) is 38.5 Å². The van der Waals surface area contributed by atoms with E-state index in [2.05, 4.69) is 10.6 Å². The molecule has 0 aromatic carbocycles. The first-order chi connectivity index (χ1) is 8.72. The van der Waals surface area contributed by atoms with Crippen molar-refractivity contribution in [1.82, 2.24) is 15.5 Å². The van der Waals surface area contributed by atoms with Crippen LogP contribution in [0.2, 0.25) is 0 Å². The van der Waals surface area contributed by atoms with Crippen molar-refractivity contribution in [3.63, 3.8) is 0 Å². The molecule has 18 heavy (non-hydrogen) atoms. The molecule has 2 saturated carbocycles. The topological polar surface area (TPSA) is 61.4 Å². The lowest BCUT2D eigenvalue weighted by Crippen LogP contribution is -2.47. The van der Waals surface area contributed by atoms with Gasteiger partial charge in [0.25, 0.3) is 0 Å². The fourth-order valence-corrected chi connectivity index (χ4v) is 2.39. The number of carbonyl (C=O) groups is 2. The average molecular weight is 251 g/mol. The highest BCUT2D eigenvalue weighted by Crippen LogP contribution is 2.23. The van der Waals surface area contributed by atoms with Crippen molar-refractivity contribution in [2.45, 2.75) is 50.6 Å². The van der Waals surface area contributed by atoms with Gasteiger partial charge in [0.1, 0.15) is 0 Å². The standard InChI is InChI=1S/C13H21N3O2/c17-12(14-10-1-2-10)9-5-7-16(8-6-9)13(18)15-11-3-4-11/h9-11H,1-8H2,(H,14,17)(H,15,18). The molecule has 3 amide bonds. The molecule has 100 valence electrons. The van der Waals surface area contributed by atoms with Crippen molar-refractivity contribution in [1.29, 1.82) is 0 Å². The molecule has 1 heterocycles. The molecule has 5 heteroatoms. The van der Waals surface area contributed by atoms with Gasteiger partial charge in [0.15, 0.2) is 0 Å². The third kappa shape index (κ3) is 2.94. The molecule has 0 bridgehead atoms. The van der Waals surface area contributed by atoms with Gasteiger partial charge >= 0.3 is 6.03 Å². The number of likely N-dealkylation sites (tertiary alicyclic amines) is 1. The van der Waals surface area contributed by atoms with E-state index in [1.165, 1.54) is 0 Å². The summed E-state index contributed by atoms with van der Waals surface area (Å²) in [5, 5.41) is 6.05. The number of hydrogen-bond acceptors (Lipinski definition) is 2. The van der Waals surface area contributed by atoms with Crippen molar-refractivity contribution in [3.8, 4) is 0 Å². The highest BCUT2D eigenvalue weighted by atomic mass is 16.2. The Morgan fingerprint density at radius 2 is 1.39 bits per heavy atom. The number of amides is 3. The van der Waals surface area contributed by atoms with Crippen molar-refractivity contribution in [2.24, 2.45) is 5.92 Å². The summed E-state index contributed by atoms with van der Waals surface area (Å²) in [6.45, 7) is 1.42. The van der Waals surface area contributed by atoms with Crippen molar-refractivity contribution in [3.05, 3.63) is 0 Å². The third-order valence-electron chi connectivity index (χ3n) is 3.98. The number of carbonyl (C=O) groups excluding carboxylic acids is 2. The molecular weight excluding hydrogens is 230 g/mol. The number of rotatable bonds is 3. The van der Waals surface area contributed by atoms with Gasteiger partial charge in [-0.05, 0) is 38.5 Å². The Morgan fingerprint density at radius 3 is 1.94 bits per heavy atom. The van der Waals surface area contributed by atoms with Crippen LogP contribution in [-0.2, 0) is 4.79 Å². The Hall–Kier alpha value is -1.26. The number of urea groups is 1. The minimum Gasteiger partial charge on any atom is -0.353 e. The molecule has 0 atom stereocenters. The Kier molecular flexibility index (Phi) is 3.14. The van der Waals surface area contributed by atoms with Crippen LogP contribution in [0.5, 0.6) is 0 Å². The Morgan fingerprint density at radius 1 is 0.833 bits per heavy atom. The van der Waals surface area contributed by atoms with Gasteiger partial charge in [-0.15, -0.1) is 0 Å². The first kappa shape index (κ1) is 11.8. The number of piperidine rings is 1. The highest BCUT2D eigenvalue weighted by molar-refractivity contribution is 5.80. The van der Waals surface area contributed by atoms with Crippen LogP contribution >= 0.6 is 0 Å². The van der Waals surface area contributed by atoms with E-state index >= 15 is 0 Å². The number of nitrogens with zero attached hydrogens (tertiary/aromatic N) is 1. The molecule has 1 saturated heterocycles. The lowest BCUT2D eigenvalue weighted by molar-refractivity contribution is -0.126. The zero-order valence-corrected chi connectivity index (χ0v) is 10.7. The molecule has 2 aliphatic carbocycles. The summed E-state index contributed by atoms with van der Waals surface area (Å²) in [5.74, 6) is 0.301. The first-order valence-corrected chi connectivity index (χ1v) is 7.08. The molecule has 3 rings (SSSR count). The molecule has 3 aliphatic rings. The van der Waals surface area contributed by atoms with E-state index in [1.54, 1.807) is 0 Å². The minimum absolute atomic E-state index is 0.0542. The summed E-state index contributed by atoms with van der Waals surface area (Å²) in [6, 6.07) is 0.903. The van der Waals surface area contributed by atoms with Crippen LogP contribution in [0.25, 0.3) is 0 Å². The molecule has 1 aliphatic heterocycles. The zero-order valence-electron chi connectivity index (χ0n) is 10.7. The normalized spacial score (nSPS) is 24.8. The first-order valence-electron chi connectivity index (χ1n) is 7.08. The molecule has 0 unspecified atom stereocenters. The van der Waals surface area contributed by atoms with Crippen molar-refractivity contribution < 1.29 is 9.59 Å². The third-order valence-corrected chi connectivity index (χ3v) is 3.98. The zero-order chi connectivity index (χ0) is 12.5. The molecular formula is C13H21N3O2. The van der Waals surface area contributed by atoms with Gasteiger partial charge in [-0.1, -0.05) is 0 Å². The summed E-state index contributed by atoms with van der Waals surface area (Å²) in [5.41, 5.74) is 0. The van der Waals surface area contributed by atoms with Crippen LogP contribution in [0.3, 0.4) is 0 Å². The molecule has 2 N–H and O–H groups in total. The lowest BCUT2D eigenvalue weighted by Gasteiger charge is -2.31. The fourth-order valence-electron chi connectivity index (χ4n) is 2.39. The van der Waals surface area contributed by atoms with Gasteiger partial charge in [-0.2, -0.15) is 0 Å². The van der Waals surface area contributed by atoms with Crippen LogP contribution in [0, 0.1) is 5.92 Å². The smallest absolute Gasteiger partial charge is 0.317 e. The largest absolute Gasteiger partial charge is 0.353 e. The minimum atomic E-state index is 0.0542. The molecule has 3 fully saturated rings. The van der Waals surface area contributed by atoms with E-state index in [1.807, 2.05) is 4.90 Å². The average Bonchev–Trinajstić information content (AvgIpc) is 3.25. The summed E-state index contributed by atoms with van der Waals surface area (Å²) >= 11 is 0. The van der Waals surface area contributed by atoms with Gasteiger partial charge in [-0.25, -0.2) is 4.79 Å². The Balaban J connectivity index is 1.41. The summed E-state index contributed by atoms with van der Waals surface area (Å²) in [4.78, 5) is 25.6. The molecule has 0 radical (unpaired) electrons. The van der Waals surface area contributed by atoms with E-state index in [4.69, 9.17) is 0 Å². The van der Waals surface area contributed by atoms with Crippen LogP contribution in [-0.4, -0.2) is 42.0 Å². The van der Waals surface area contributed by atoms with Gasteiger partial charge in [0.05, 0.1) is 0 Å². The second-order valence-electron chi connectivity index (χ2n) is 5.77. The van der Waals surface area contributed by atoms with Crippen LogP contribution < -0.4 is 10.6 Å². The summed E-state index contributed by atoms with van der Waals surface area (Å²) in [7, 11) is 0. The van der Waals surface area contributed by atoms with E-state index in [0.29, 0.717) is 25.2 Å². The predicted molar refractivity (Wildman–Crippen MR) is 67.0 cm³/mol. The van der Waals surface area contributed by atoms with Crippen LogP contribution in [0.15, 0.2) is 0 Å². The maximum atomic E-state index is 11.9. The SMILES string of the molecule is O=C(NC1CC1)C1CCN(C(=O)NC2CC2)CC1. The molecule has 0 aromatic rings. The summed E-state index contributed by atoms with van der Waals surface area (Å²) < 4.78 is 0. The molecule has 5 nitrogen and oxygen atoms in total. The van der Waals surface area contributed by atoms with Crippen LogP contribution in [0.1, 0.15) is 38.5 Å². The monoisotopic (exact) mass is 251 g/mol. The van der Waals surface area contributed by atoms with Gasteiger partial charge in [-0.3, -0.25) is 4.79 Å². The maximum absolute atomic E-state index is 11.9. The Labute approximate surface area is 107 Å². The second kappa shape index (κ2) is 4.78. The van der Waals surface area contributed by atoms with E-state index < -0.39 is 0 Å². The Bertz CT molecular complexity index is 308.